The highest BCUT2D eigenvalue weighted by atomic mass is 16.5. The van der Waals surface area contributed by atoms with Crippen LogP contribution in [0.4, 0.5) is 0 Å². The molecule has 96 valence electrons. The predicted octanol–water partition coefficient (Wildman–Crippen LogP) is 3.24. The third kappa shape index (κ3) is 3.78. The first-order valence-corrected chi connectivity index (χ1v) is 6.01. The predicted molar refractivity (Wildman–Crippen MR) is 72.8 cm³/mol. The van der Waals surface area contributed by atoms with E-state index in [1.807, 2.05) is 42.5 Å². The standard InChI is InChI=1S/C16H14O3/c1-12(17)11-16(18)19-15-9-7-14(8-10-15)13-5-3-2-4-6-13/h2-10H,11H2,1H3. The van der Waals surface area contributed by atoms with E-state index in [1.165, 1.54) is 6.92 Å². The normalized spacial score (nSPS) is 9.95. The molecule has 0 aromatic heterocycles. The van der Waals surface area contributed by atoms with Crippen LogP contribution in [-0.4, -0.2) is 11.8 Å². The second-order valence-corrected chi connectivity index (χ2v) is 4.24. The van der Waals surface area contributed by atoms with Crippen LogP contribution in [0.1, 0.15) is 13.3 Å². The Labute approximate surface area is 111 Å². The number of benzene rings is 2. The van der Waals surface area contributed by atoms with E-state index < -0.39 is 5.97 Å². The van der Waals surface area contributed by atoms with Crippen molar-refractivity contribution < 1.29 is 14.3 Å². The van der Waals surface area contributed by atoms with Crippen LogP contribution in [0.25, 0.3) is 11.1 Å². The lowest BCUT2D eigenvalue weighted by atomic mass is 10.1. The lowest BCUT2D eigenvalue weighted by Crippen LogP contribution is -2.11. The minimum atomic E-state index is -0.528. The Hall–Kier alpha value is -2.42. The van der Waals surface area contributed by atoms with E-state index in [0.717, 1.165) is 11.1 Å². The van der Waals surface area contributed by atoms with Crippen molar-refractivity contribution in [2.24, 2.45) is 0 Å². The van der Waals surface area contributed by atoms with Gasteiger partial charge in [-0.1, -0.05) is 42.5 Å². The Morgan fingerprint density at radius 1 is 0.895 bits per heavy atom. The lowest BCUT2D eigenvalue weighted by molar-refractivity contribution is -0.137. The van der Waals surface area contributed by atoms with Crippen LogP contribution in [0.3, 0.4) is 0 Å². The lowest BCUT2D eigenvalue weighted by Gasteiger charge is -2.05. The maximum absolute atomic E-state index is 11.3. The number of ketones is 1. The molecule has 0 N–H and O–H groups in total. The van der Waals surface area contributed by atoms with Crippen molar-refractivity contribution in [3.63, 3.8) is 0 Å². The van der Waals surface area contributed by atoms with Gasteiger partial charge in [0.15, 0.2) is 0 Å². The van der Waals surface area contributed by atoms with Crippen molar-refractivity contribution in [2.75, 3.05) is 0 Å². The average Bonchev–Trinajstić information content (AvgIpc) is 2.39. The highest BCUT2D eigenvalue weighted by Gasteiger charge is 2.07. The summed E-state index contributed by atoms with van der Waals surface area (Å²) in [5, 5.41) is 0. The monoisotopic (exact) mass is 254 g/mol. The number of hydrogen-bond acceptors (Lipinski definition) is 3. The summed E-state index contributed by atoms with van der Waals surface area (Å²) in [7, 11) is 0. The number of ether oxygens (including phenoxy) is 1. The van der Waals surface area contributed by atoms with Gasteiger partial charge >= 0.3 is 5.97 Å². The molecule has 0 spiro atoms. The second kappa shape index (κ2) is 5.96. The molecule has 0 fully saturated rings. The van der Waals surface area contributed by atoms with Gasteiger partial charge in [-0.2, -0.15) is 0 Å². The molecule has 0 aliphatic heterocycles. The number of carbonyl (C=O) groups is 2. The molecule has 0 saturated carbocycles. The maximum atomic E-state index is 11.3. The molecular weight excluding hydrogens is 240 g/mol. The van der Waals surface area contributed by atoms with Gasteiger partial charge in [0, 0.05) is 0 Å². The molecule has 2 aromatic rings. The fourth-order valence-corrected chi connectivity index (χ4v) is 1.72. The molecule has 0 radical (unpaired) electrons. The van der Waals surface area contributed by atoms with Crippen LogP contribution in [0.15, 0.2) is 54.6 Å². The molecular formula is C16H14O3. The van der Waals surface area contributed by atoms with Gasteiger partial charge in [-0.3, -0.25) is 9.59 Å². The van der Waals surface area contributed by atoms with E-state index >= 15 is 0 Å². The quantitative estimate of drug-likeness (QED) is 0.478. The molecule has 2 rings (SSSR count). The third-order valence-electron chi connectivity index (χ3n) is 2.59. The van der Waals surface area contributed by atoms with Gasteiger partial charge in [0.2, 0.25) is 0 Å². The van der Waals surface area contributed by atoms with Crippen LogP contribution in [0.5, 0.6) is 5.75 Å². The Morgan fingerprint density at radius 2 is 1.47 bits per heavy atom. The highest BCUT2D eigenvalue weighted by Crippen LogP contribution is 2.22. The summed E-state index contributed by atoms with van der Waals surface area (Å²) in [4.78, 5) is 22.1. The van der Waals surface area contributed by atoms with E-state index in [4.69, 9.17) is 4.74 Å². The first-order valence-electron chi connectivity index (χ1n) is 6.01. The minimum Gasteiger partial charge on any atom is -0.426 e. The summed E-state index contributed by atoms with van der Waals surface area (Å²) in [6, 6.07) is 17.1. The van der Waals surface area contributed by atoms with E-state index in [0.29, 0.717) is 5.75 Å². The molecule has 0 unspecified atom stereocenters. The SMILES string of the molecule is CC(=O)CC(=O)Oc1ccc(-c2ccccc2)cc1. The average molecular weight is 254 g/mol. The zero-order valence-electron chi connectivity index (χ0n) is 10.6. The van der Waals surface area contributed by atoms with E-state index in [-0.39, 0.29) is 12.2 Å². The smallest absolute Gasteiger partial charge is 0.318 e. The molecule has 0 aliphatic rings. The highest BCUT2D eigenvalue weighted by molar-refractivity contribution is 5.94. The summed E-state index contributed by atoms with van der Waals surface area (Å²) in [5.41, 5.74) is 2.15. The Balaban J connectivity index is 2.07. The fraction of sp³-hybridized carbons (Fsp3) is 0.125. The van der Waals surface area contributed by atoms with Crippen LogP contribution in [0, 0.1) is 0 Å². The molecule has 19 heavy (non-hydrogen) atoms. The van der Waals surface area contributed by atoms with E-state index in [1.54, 1.807) is 12.1 Å². The van der Waals surface area contributed by atoms with Gasteiger partial charge in [-0.25, -0.2) is 0 Å². The molecule has 2 aromatic carbocycles. The summed E-state index contributed by atoms with van der Waals surface area (Å²) in [6.07, 6.45) is -0.194. The summed E-state index contributed by atoms with van der Waals surface area (Å²) < 4.78 is 5.06. The van der Waals surface area contributed by atoms with Crippen LogP contribution in [0.2, 0.25) is 0 Å². The number of esters is 1. The van der Waals surface area contributed by atoms with Gasteiger partial charge < -0.3 is 4.74 Å². The van der Waals surface area contributed by atoms with Gasteiger partial charge in [0.05, 0.1) is 0 Å². The molecule has 3 heteroatoms. The Kier molecular flexibility index (Phi) is 4.08. The molecule has 0 heterocycles. The van der Waals surface area contributed by atoms with Crippen molar-refractivity contribution in [2.45, 2.75) is 13.3 Å². The topological polar surface area (TPSA) is 43.4 Å². The largest absolute Gasteiger partial charge is 0.426 e. The third-order valence-corrected chi connectivity index (χ3v) is 2.59. The van der Waals surface area contributed by atoms with E-state index in [9.17, 15) is 9.59 Å². The summed E-state index contributed by atoms with van der Waals surface area (Å²) >= 11 is 0. The van der Waals surface area contributed by atoms with Crippen molar-refractivity contribution >= 4 is 11.8 Å². The molecule has 0 atom stereocenters. The zero-order chi connectivity index (χ0) is 13.7. The van der Waals surface area contributed by atoms with Crippen LogP contribution < -0.4 is 4.74 Å². The van der Waals surface area contributed by atoms with E-state index in [2.05, 4.69) is 0 Å². The van der Waals surface area contributed by atoms with Crippen LogP contribution >= 0.6 is 0 Å². The molecule has 0 aliphatic carbocycles. The number of hydrogen-bond donors (Lipinski definition) is 0. The molecule has 0 bridgehead atoms. The first-order chi connectivity index (χ1) is 9.15. The van der Waals surface area contributed by atoms with Gasteiger partial charge in [-0.05, 0) is 30.2 Å². The summed E-state index contributed by atoms with van der Waals surface area (Å²) in [6.45, 7) is 1.36. The van der Waals surface area contributed by atoms with Crippen molar-refractivity contribution in [1.82, 2.24) is 0 Å². The molecule has 0 saturated heterocycles. The minimum absolute atomic E-state index is 0.194. The van der Waals surface area contributed by atoms with Crippen LogP contribution in [-0.2, 0) is 9.59 Å². The Morgan fingerprint density at radius 3 is 2.05 bits per heavy atom. The second-order valence-electron chi connectivity index (χ2n) is 4.24. The fourth-order valence-electron chi connectivity index (χ4n) is 1.72. The summed E-state index contributed by atoms with van der Waals surface area (Å²) in [5.74, 6) is -0.281. The number of Topliss-reactive ketones (excluding diaryl/α,β-unsaturated/α-hetero) is 1. The number of carbonyl (C=O) groups excluding carboxylic acids is 2. The van der Waals surface area contributed by atoms with Crippen molar-refractivity contribution in [3.8, 4) is 16.9 Å². The van der Waals surface area contributed by atoms with Gasteiger partial charge in [0.25, 0.3) is 0 Å². The molecule has 0 amide bonds. The van der Waals surface area contributed by atoms with Gasteiger partial charge in [0.1, 0.15) is 18.0 Å². The van der Waals surface area contributed by atoms with Gasteiger partial charge in [-0.15, -0.1) is 0 Å². The Bertz CT molecular complexity index is 571. The first kappa shape index (κ1) is 13.0. The van der Waals surface area contributed by atoms with Crippen molar-refractivity contribution in [3.05, 3.63) is 54.6 Å². The maximum Gasteiger partial charge on any atom is 0.318 e. The number of rotatable bonds is 4. The zero-order valence-corrected chi connectivity index (χ0v) is 10.6. The van der Waals surface area contributed by atoms with Crippen molar-refractivity contribution in [1.29, 1.82) is 0 Å². The molecule has 3 nitrogen and oxygen atoms in total.